The Bertz CT molecular complexity index is 1200. The summed E-state index contributed by atoms with van der Waals surface area (Å²) in [5.74, 6) is -0.223. The van der Waals surface area contributed by atoms with Gasteiger partial charge in [0.15, 0.2) is 10.9 Å². The number of hydrogen-bond acceptors (Lipinski definition) is 6. The molecule has 0 saturated heterocycles. The quantitative estimate of drug-likeness (QED) is 0.341. The summed E-state index contributed by atoms with van der Waals surface area (Å²) < 4.78 is 7.44. The van der Waals surface area contributed by atoms with Gasteiger partial charge in [-0.1, -0.05) is 29.8 Å². The Labute approximate surface area is 210 Å². The Morgan fingerprint density at radius 1 is 1.21 bits per heavy atom. The number of carbonyl (C=O) groups excluding carboxylic acids is 2. The first-order valence-electron chi connectivity index (χ1n) is 9.90. The summed E-state index contributed by atoms with van der Waals surface area (Å²) in [6, 6.07) is 8.24. The smallest absolute Gasteiger partial charge is 0.341 e. The lowest BCUT2D eigenvalue weighted by Gasteiger charge is -2.09. The summed E-state index contributed by atoms with van der Waals surface area (Å²) in [7, 11) is 4.61. The molecule has 3 aromatic rings. The average molecular weight is 551 g/mol. The van der Waals surface area contributed by atoms with Crippen molar-refractivity contribution in [2.24, 2.45) is 0 Å². The van der Waals surface area contributed by atoms with Crippen molar-refractivity contribution in [1.29, 1.82) is 0 Å². The zero-order valence-corrected chi connectivity index (χ0v) is 22.1. The van der Waals surface area contributed by atoms with Crippen LogP contribution in [-0.2, 0) is 11.3 Å². The molecular weight excluding hydrogens is 526 g/mol. The van der Waals surface area contributed by atoms with Gasteiger partial charge in [0, 0.05) is 20.3 Å². The Balaban J connectivity index is 1.78. The van der Waals surface area contributed by atoms with E-state index < -0.39 is 5.97 Å². The maximum atomic E-state index is 12.5. The van der Waals surface area contributed by atoms with Crippen LogP contribution in [0.4, 0.5) is 10.8 Å². The number of thiophene rings is 1. The number of benzene rings is 1. The Morgan fingerprint density at radius 3 is 2.48 bits per heavy atom. The van der Waals surface area contributed by atoms with E-state index >= 15 is 0 Å². The zero-order chi connectivity index (χ0) is 24.3. The van der Waals surface area contributed by atoms with Crippen molar-refractivity contribution in [3.05, 3.63) is 62.1 Å². The van der Waals surface area contributed by atoms with Crippen molar-refractivity contribution >= 4 is 67.3 Å². The van der Waals surface area contributed by atoms with E-state index in [-0.39, 0.29) is 16.6 Å². The van der Waals surface area contributed by atoms with Gasteiger partial charge < -0.3 is 20.3 Å². The molecule has 0 fully saturated rings. The minimum Gasteiger partial charge on any atom is -0.465 e. The van der Waals surface area contributed by atoms with Gasteiger partial charge in [0.1, 0.15) is 5.00 Å². The maximum Gasteiger partial charge on any atom is 0.341 e. The second kappa shape index (κ2) is 10.4. The number of methoxy groups -OCH3 is 1. The predicted molar refractivity (Wildman–Crippen MR) is 138 cm³/mol. The summed E-state index contributed by atoms with van der Waals surface area (Å²) in [6.45, 7) is 4.36. The van der Waals surface area contributed by atoms with Crippen molar-refractivity contribution in [1.82, 2.24) is 14.7 Å². The van der Waals surface area contributed by atoms with Crippen LogP contribution in [0.2, 0.25) is 0 Å². The van der Waals surface area contributed by atoms with Gasteiger partial charge in [-0.2, -0.15) is 5.10 Å². The number of thiocarbonyl (C=S) groups is 1. The average Bonchev–Trinajstić information content (AvgIpc) is 3.27. The summed E-state index contributed by atoms with van der Waals surface area (Å²) >= 11 is 10.1. The summed E-state index contributed by atoms with van der Waals surface area (Å²) in [5.41, 5.74) is 3.14. The number of hydrogen-bond donors (Lipinski definition) is 2. The Morgan fingerprint density at radius 2 is 1.88 bits per heavy atom. The molecule has 0 unspecified atom stereocenters. The standard InChI is InChI=1S/C22H24BrN5O3S2/c1-12-6-8-14(9-7-12)10-28-11-15(23)18(26-28)24-22(32)25-19-16(21(30)31-5)13(2)17(33-19)20(29)27(3)4/h6-9,11H,10H2,1-5H3,(H2,24,25,26,32). The first-order chi connectivity index (χ1) is 15.6. The van der Waals surface area contributed by atoms with E-state index in [0.717, 1.165) is 21.4 Å². The zero-order valence-electron chi connectivity index (χ0n) is 18.9. The highest BCUT2D eigenvalue weighted by Gasteiger charge is 2.26. The van der Waals surface area contributed by atoms with Crippen molar-refractivity contribution in [2.75, 3.05) is 31.8 Å². The van der Waals surface area contributed by atoms with Crippen molar-refractivity contribution in [3.63, 3.8) is 0 Å². The SMILES string of the molecule is COC(=O)c1c(NC(=S)Nc2nn(Cc3ccc(C)cc3)cc2Br)sc(C(=O)N(C)C)c1C. The van der Waals surface area contributed by atoms with Crippen LogP contribution < -0.4 is 10.6 Å². The largest absolute Gasteiger partial charge is 0.465 e. The van der Waals surface area contributed by atoms with Gasteiger partial charge >= 0.3 is 5.97 Å². The highest BCUT2D eigenvalue weighted by Crippen LogP contribution is 2.34. The van der Waals surface area contributed by atoms with E-state index in [2.05, 4.69) is 55.9 Å². The molecule has 0 aliphatic heterocycles. The molecule has 3 rings (SSSR count). The number of carbonyl (C=O) groups is 2. The lowest BCUT2D eigenvalue weighted by atomic mass is 10.1. The molecule has 0 aliphatic carbocycles. The molecular formula is C22H24BrN5O3S2. The Kier molecular flexibility index (Phi) is 7.88. The fourth-order valence-electron chi connectivity index (χ4n) is 3.04. The van der Waals surface area contributed by atoms with Gasteiger partial charge in [0.2, 0.25) is 0 Å². The number of anilines is 2. The fraction of sp³-hybridized carbons (Fsp3) is 0.273. The van der Waals surface area contributed by atoms with Crippen LogP contribution in [0.15, 0.2) is 34.9 Å². The van der Waals surface area contributed by atoms with Crippen LogP contribution >= 0.6 is 39.5 Å². The predicted octanol–water partition coefficient (Wildman–Crippen LogP) is 4.67. The number of nitrogens with zero attached hydrogens (tertiary/aromatic N) is 3. The lowest BCUT2D eigenvalue weighted by Crippen LogP contribution is -2.21. The van der Waals surface area contributed by atoms with Gasteiger partial charge in [-0.05, 0) is 53.1 Å². The molecule has 2 aromatic heterocycles. The number of rotatable bonds is 6. The molecule has 1 aromatic carbocycles. The second-order valence-corrected chi connectivity index (χ2v) is 9.82. The van der Waals surface area contributed by atoms with Crippen molar-refractivity contribution in [2.45, 2.75) is 20.4 Å². The monoisotopic (exact) mass is 549 g/mol. The number of aromatic nitrogens is 2. The normalized spacial score (nSPS) is 10.6. The maximum absolute atomic E-state index is 12.5. The third-order valence-electron chi connectivity index (χ3n) is 4.78. The van der Waals surface area contributed by atoms with Crippen LogP contribution in [0.5, 0.6) is 0 Å². The van der Waals surface area contributed by atoms with E-state index in [0.29, 0.717) is 27.8 Å². The highest BCUT2D eigenvalue weighted by molar-refractivity contribution is 9.10. The molecule has 0 aliphatic rings. The third-order valence-corrected chi connectivity index (χ3v) is 6.76. The summed E-state index contributed by atoms with van der Waals surface area (Å²) in [5, 5.41) is 11.3. The topological polar surface area (TPSA) is 88.5 Å². The first kappa shape index (κ1) is 24.9. The van der Waals surface area contributed by atoms with Crippen molar-refractivity contribution < 1.29 is 14.3 Å². The number of esters is 1. The molecule has 174 valence electrons. The number of halogens is 1. The number of aryl methyl sites for hydroxylation is 1. The Hall–Kier alpha value is -2.76. The molecule has 0 bridgehead atoms. The number of amides is 1. The molecule has 11 heteroatoms. The van der Waals surface area contributed by atoms with Gasteiger partial charge in [-0.25, -0.2) is 4.79 Å². The molecule has 0 atom stereocenters. The fourth-order valence-corrected chi connectivity index (χ4v) is 4.94. The molecule has 8 nitrogen and oxygen atoms in total. The summed E-state index contributed by atoms with van der Waals surface area (Å²) in [6.07, 6.45) is 1.85. The minimum atomic E-state index is -0.546. The van der Waals surface area contributed by atoms with Crippen LogP contribution in [0.25, 0.3) is 0 Å². The van der Waals surface area contributed by atoms with Gasteiger partial charge in [-0.3, -0.25) is 9.48 Å². The highest BCUT2D eigenvalue weighted by atomic mass is 79.9. The van der Waals surface area contributed by atoms with Crippen LogP contribution in [0.1, 0.15) is 36.7 Å². The molecule has 2 heterocycles. The molecule has 0 radical (unpaired) electrons. The van der Waals surface area contributed by atoms with E-state index in [1.807, 2.05) is 13.1 Å². The van der Waals surface area contributed by atoms with Gasteiger partial charge in [-0.15, -0.1) is 11.3 Å². The number of nitrogens with one attached hydrogen (secondary N) is 2. The van der Waals surface area contributed by atoms with Gasteiger partial charge in [0.25, 0.3) is 5.91 Å². The van der Waals surface area contributed by atoms with Crippen LogP contribution in [-0.4, -0.2) is 52.9 Å². The summed E-state index contributed by atoms with van der Waals surface area (Å²) in [4.78, 5) is 26.8. The van der Waals surface area contributed by atoms with Gasteiger partial charge in [0.05, 0.1) is 28.6 Å². The molecule has 33 heavy (non-hydrogen) atoms. The van der Waals surface area contributed by atoms with Crippen LogP contribution in [0, 0.1) is 13.8 Å². The second-order valence-electron chi connectivity index (χ2n) is 7.54. The molecule has 1 amide bonds. The van der Waals surface area contributed by atoms with E-state index in [4.69, 9.17) is 17.0 Å². The molecule has 0 spiro atoms. The van der Waals surface area contributed by atoms with E-state index in [1.165, 1.54) is 17.6 Å². The third kappa shape index (κ3) is 5.79. The van der Waals surface area contributed by atoms with Crippen LogP contribution in [0.3, 0.4) is 0 Å². The van der Waals surface area contributed by atoms with E-state index in [1.54, 1.807) is 25.7 Å². The first-order valence-corrected chi connectivity index (χ1v) is 11.9. The molecule has 0 saturated carbocycles. The van der Waals surface area contributed by atoms with E-state index in [9.17, 15) is 9.59 Å². The lowest BCUT2D eigenvalue weighted by molar-refractivity contribution is 0.0601. The van der Waals surface area contributed by atoms with Crippen molar-refractivity contribution in [3.8, 4) is 0 Å². The molecule has 2 N–H and O–H groups in total. The minimum absolute atomic E-state index is 0.202. The number of ether oxygens (including phenoxy) is 1.